The quantitative estimate of drug-likeness (QED) is 0.577. The van der Waals surface area contributed by atoms with E-state index in [0.29, 0.717) is 10.7 Å². The van der Waals surface area contributed by atoms with E-state index in [1.54, 1.807) is 30.3 Å². The van der Waals surface area contributed by atoms with E-state index in [4.69, 9.17) is 16.3 Å². The van der Waals surface area contributed by atoms with E-state index in [0.717, 1.165) is 10.0 Å². The highest BCUT2D eigenvalue weighted by molar-refractivity contribution is 9.10. The fourth-order valence-corrected chi connectivity index (χ4v) is 2.17. The Morgan fingerprint density at radius 1 is 1.12 bits per heavy atom. The summed E-state index contributed by atoms with van der Waals surface area (Å²) in [7, 11) is 0. The Labute approximate surface area is 153 Å². The molecule has 0 saturated heterocycles. The first-order chi connectivity index (χ1) is 11.4. The lowest BCUT2D eigenvalue weighted by Crippen LogP contribution is -2.29. The molecule has 0 fully saturated rings. The molecule has 0 radical (unpaired) electrons. The van der Waals surface area contributed by atoms with Crippen LogP contribution in [0.25, 0.3) is 6.08 Å². The standard InChI is InChI=1S/C18H15BrClNO3/c1-12(18(23)21-16-9-7-15(20)8-10-16)24-17(22)11-4-13-2-5-14(19)6-3-13/h2-12H,1H3,(H,21,23)/b11-4+/t12-/m0/s1. The number of hydrogen-bond acceptors (Lipinski definition) is 3. The molecule has 0 saturated carbocycles. The van der Waals surface area contributed by atoms with E-state index in [1.165, 1.54) is 13.0 Å². The highest BCUT2D eigenvalue weighted by Crippen LogP contribution is 2.14. The number of carbonyl (C=O) groups is 2. The van der Waals surface area contributed by atoms with Crippen LogP contribution in [0.1, 0.15) is 12.5 Å². The van der Waals surface area contributed by atoms with Gasteiger partial charge in [-0.1, -0.05) is 39.7 Å². The Balaban J connectivity index is 1.87. The van der Waals surface area contributed by atoms with Gasteiger partial charge in [0.2, 0.25) is 0 Å². The maximum absolute atomic E-state index is 12.0. The van der Waals surface area contributed by atoms with E-state index in [-0.39, 0.29) is 0 Å². The number of carbonyl (C=O) groups excluding carboxylic acids is 2. The van der Waals surface area contributed by atoms with Crippen molar-refractivity contribution in [1.82, 2.24) is 0 Å². The summed E-state index contributed by atoms with van der Waals surface area (Å²) in [5.74, 6) is -1.00. The molecule has 1 N–H and O–H groups in total. The van der Waals surface area contributed by atoms with E-state index in [9.17, 15) is 9.59 Å². The molecule has 0 aliphatic rings. The second-order valence-electron chi connectivity index (χ2n) is 4.96. The average molecular weight is 409 g/mol. The zero-order valence-corrected chi connectivity index (χ0v) is 15.2. The molecule has 2 aromatic carbocycles. The molecule has 0 aromatic heterocycles. The monoisotopic (exact) mass is 407 g/mol. The molecule has 1 atom stereocenters. The summed E-state index contributed by atoms with van der Waals surface area (Å²) >= 11 is 9.12. The van der Waals surface area contributed by atoms with Gasteiger partial charge >= 0.3 is 5.97 Å². The van der Waals surface area contributed by atoms with Gasteiger partial charge in [-0.15, -0.1) is 0 Å². The van der Waals surface area contributed by atoms with Crippen molar-refractivity contribution < 1.29 is 14.3 Å². The van der Waals surface area contributed by atoms with Crippen LogP contribution >= 0.6 is 27.5 Å². The fraction of sp³-hybridized carbons (Fsp3) is 0.111. The molecule has 6 heteroatoms. The summed E-state index contributed by atoms with van der Waals surface area (Å²) in [6.45, 7) is 1.51. The topological polar surface area (TPSA) is 55.4 Å². The summed E-state index contributed by atoms with van der Waals surface area (Å²) in [4.78, 5) is 23.8. The van der Waals surface area contributed by atoms with Gasteiger partial charge in [0.15, 0.2) is 6.10 Å². The predicted octanol–water partition coefficient (Wildman–Crippen LogP) is 4.69. The van der Waals surface area contributed by atoms with Crippen LogP contribution < -0.4 is 5.32 Å². The number of benzene rings is 2. The Morgan fingerprint density at radius 3 is 2.38 bits per heavy atom. The first-order valence-electron chi connectivity index (χ1n) is 7.15. The number of nitrogens with one attached hydrogen (secondary N) is 1. The molecule has 24 heavy (non-hydrogen) atoms. The van der Waals surface area contributed by atoms with Gasteiger partial charge in [-0.25, -0.2) is 4.79 Å². The molecular weight excluding hydrogens is 394 g/mol. The van der Waals surface area contributed by atoms with Crippen LogP contribution in [0.15, 0.2) is 59.1 Å². The summed E-state index contributed by atoms with van der Waals surface area (Å²) in [6.07, 6.45) is 2.00. The lowest BCUT2D eigenvalue weighted by Gasteiger charge is -2.12. The first kappa shape index (κ1) is 18.2. The van der Waals surface area contributed by atoms with Crippen LogP contribution in [0.5, 0.6) is 0 Å². The minimum atomic E-state index is -0.914. The van der Waals surface area contributed by atoms with E-state index >= 15 is 0 Å². The number of rotatable bonds is 5. The van der Waals surface area contributed by atoms with Crippen LogP contribution in [0.4, 0.5) is 5.69 Å². The van der Waals surface area contributed by atoms with Crippen LogP contribution in [-0.4, -0.2) is 18.0 Å². The second-order valence-corrected chi connectivity index (χ2v) is 6.31. The molecule has 0 heterocycles. The van der Waals surface area contributed by atoms with Gasteiger partial charge in [0.25, 0.3) is 5.91 Å². The predicted molar refractivity (Wildman–Crippen MR) is 98.8 cm³/mol. The van der Waals surface area contributed by atoms with Crippen molar-refractivity contribution in [3.8, 4) is 0 Å². The molecule has 1 amide bonds. The molecule has 0 aliphatic carbocycles. The summed E-state index contributed by atoms with van der Waals surface area (Å²) in [6, 6.07) is 14.1. The van der Waals surface area contributed by atoms with Gasteiger partial charge in [0.1, 0.15) is 0 Å². The molecule has 0 spiro atoms. The minimum Gasteiger partial charge on any atom is -0.449 e. The summed E-state index contributed by atoms with van der Waals surface area (Å²) in [5, 5.41) is 3.22. The SMILES string of the molecule is C[C@H](OC(=O)/C=C/c1ccc(Br)cc1)C(=O)Nc1ccc(Cl)cc1. The largest absolute Gasteiger partial charge is 0.449 e. The van der Waals surface area contributed by atoms with Crippen LogP contribution in [0.3, 0.4) is 0 Å². The van der Waals surface area contributed by atoms with Gasteiger partial charge in [0.05, 0.1) is 0 Å². The Kier molecular flexibility index (Phi) is 6.58. The number of halogens is 2. The molecule has 4 nitrogen and oxygen atoms in total. The highest BCUT2D eigenvalue weighted by Gasteiger charge is 2.16. The molecule has 0 bridgehead atoms. The van der Waals surface area contributed by atoms with E-state index in [2.05, 4.69) is 21.2 Å². The van der Waals surface area contributed by atoms with Gasteiger partial charge in [-0.2, -0.15) is 0 Å². The van der Waals surface area contributed by atoms with Crippen LogP contribution in [0, 0.1) is 0 Å². The molecular formula is C18H15BrClNO3. The van der Waals surface area contributed by atoms with Crippen molar-refractivity contribution in [3.63, 3.8) is 0 Å². The lowest BCUT2D eigenvalue weighted by molar-refractivity contribution is -0.148. The van der Waals surface area contributed by atoms with Crippen molar-refractivity contribution in [3.05, 3.63) is 69.7 Å². The summed E-state index contributed by atoms with van der Waals surface area (Å²) in [5.41, 5.74) is 1.44. The number of amides is 1. The second kappa shape index (κ2) is 8.66. The fourth-order valence-electron chi connectivity index (χ4n) is 1.78. The minimum absolute atomic E-state index is 0.414. The zero-order chi connectivity index (χ0) is 17.5. The smallest absolute Gasteiger partial charge is 0.331 e. The molecule has 0 unspecified atom stereocenters. The Morgan fingerprint density at radius 2 is 1.75 bits per heavy atom. The third-order valence-electron chi connectivity index (χ3n) is 3.06. The average Bonchev–Trinajstić information content (AvgIpc) is 2.56. The maximum Gasteiger partial charge on any atom is 0.331 e. The third kappa shape index (κ3) is 5.83. The molecule has 2 rings (SSSR count). The van der Waals surface area contributed by atoms with Gasteiger partial charge in [0, 0.05) is 21.3 Å². The first-order valence-corrected chi connectivity index (χ1v) is 8.32. The zero-order valence-electron chi connectivity index (χ0n) is 12.8. The van der Waals surface area contributed by atoms with Gasteiger partial charge in [-0.05, 0) is 55.0 Å². The maximum atomic E-state index is 12.0. The van der Waals surface area contributed by atoms with E-state index in [1.807, 2.05) is 24.3 Å². The lowest BCUT2D eigenvalue weighted by atomic mass is 10.2. The van der Waals surface area contributed by atoms with Gasteiger partial charge in [-0.3, -0.25) is 4.79 Å². The molecule has 124 valence electrons. The third-order valence-corrected chi connectivity index (χ3v) is 3.84. The number of ether oxygens (including phenoxy) is 1. The highest BCUT2D eigenvalue weighted by atomic mass is 79.9. The normalized spacial score (nSPS) is 12.0. The summed E-state index contributed by atoms with van der Waals surface area (Å²) < 4.78 is 6.03. The molecule has 0 aliphatic heterocycles. The number of anilines is 1. The number of hydrogen-bond donors (Lipinski definition) is 1. The van der Waals surface area contributed by atoms with Gasteiger partial charge < -0.3 is 10.1 Å². The van der Waals surface area contributed by atoms with Crippen molar-refractivity contribution in [2.75, 3.05) is 5.32 Å². The van der Waals surface area contributed by atoms with Crippen molar-refractivity contribution >= 4 is 51.2 Å². The number of esters is 1. The molecule has 2 aromatic rings. The van der Waals surface area contributed by atoms with Crippen LogP contribution in [-0.2, 0) is 14.3 Å². The van der Waals surface area contributed by atoms with E-state index < -0.39 is 18.0 Å². The Bertz CT molecular complexity index is 742. The van der Waals surface area contributed by atoms with Crippen molar-refractivity contribution in [2.45, 2.75) is 13.0 Å². The Hall–Kier alpha value is -2.11. The van der Waals surface area contributed by atoms with Crippen LogP contribution in [0.2, 0.25) is 5.02 Å². The van der Waals surface area contributed by atoms with Crippen molar-refractivity contribution in [2.24, 2.45) is 0 Å². The van der Waals surface area contributed by atoms with Crippen molar-refractivity contribution in [1.29, 1.82) is 0 Å².